The van der Waals surface area contributed by atoms with Crippen LogP contribution in [0.4, 0.5) is 4.79 Å². The molecule has 0 heterocycles. The predicted octanol–water partition coefficient (Wildman–Crippen LogP) is 5.30. The Morgan fingerprint density at radius 1 is 0.667 bits per heavy atom. The smallest absolute Gasteiger partial charge is 0.408 e. The van der Waals surface area contributed by atoms with Crippen molar-refractivity contribution in [1.29, 1.82) is 0 Å². The first-order chi connectivity index (χ1) is 19.1. The zero-order chi connectivity index (χ0) is 27.2. The zero-order valence-electron chi connectivity index (χ0n) is 21.4. The van der Waals surface area contributed by atoms with Crippen LogP contribution < -0.4 is 10.6 Å². The molecule has 0 spiro atoms. The standard InChI is InChI=1S/C32H28N2O5/c1-38-31(36)29(22-14-6-3-7-15-22)33-30(35)28(21-12-4-2-5-13-21)34-32(37)39-20-27-25-18-10-8-16-23(25)24-17-9-11-19-26(24)27/h2-19,27-29H,20H2,1H3,(H,33,35)(H,34,37)/t28?,29-/m0/s1. The number of rotatable bonds is 8. The molecule has 7 heteroatoms. The Morgan fingerprint density at radius 3 is 1.69 bits per heavy atom. The molecule has 7 nitrogen and oxygen atoms in total. The molecule has 1 aliphatic carbocycles. The highest BCUT2D eigenvalue weighted by atomic mass is 16.5. The van der Waals surface area contributed by atoms with Gasteiger partial charge in [-0.3, -0.25) is 4.79 Å². The van der Waals surface area contributed by atoms with Crippen LogP contribution in [0.2, 0.25) is 0 Å². The fourth-order valence-corrected chi connectivity index (χ4v) is 4.97. The van der Waals surface area contributed by atoms with Gasteiger partial charge in [-0.05, 0) is 33.4 Å². The third kappa shape index (κ3) is 5.52. The number of alkyl carbamates (subject to hydrolysis) is 1. The summed E-state index contributed by atoms with van der Waals surface area (Å²) in [6, 6.07) is 31.6. The van der Waals surface area contributed by atoms with Crippen LogP contribution in [0, 0.1) is 0 Å². The summed E-state index contributed by atoms with van der Waals surface area (Å²) in [5.74, 6) is -1.31. The molecule has 0 fully saturated rings. The van der Waals surface area contributed by atoms with Gasteiger partial charge in [0.25, 0.3) is 0 Å². The van der Waals surface area contributed by atoms with Crippen molar-refractivity contribution in [2.45, 2.75) is 18.0 Å². The van der Waals surface area contributed by atoms with Gasteiger partial charge in [0.2, 0.25) is 5.91 Å². The predicted molar refractivity (Wildman–Crippen MR) is 147 cm³/mol. The van der Waals surface area contributed by atoms with Crippen molar-refractivity contribution in [2.75, 3.05) is 13.7 Å². The molecule has 0 saturated carbocycles. The van der Waals surface area contributed by atoms with E-state index in [-0.39, 0.29) is 12.5 Å². The number of carbonyl (C=O) groups excluding carboxylic acids is 3. The molecule has 0 saturated heterocycles. The molecule has 2 amide bonds. The number of methoxy groups -OCH3 is 1. The number of esters is 1. The van der Waals surface area contributed by atoms with Gasteiger partial charge in [-0.1, -0.05) is 109 Å². The fourth-order valence-electron chi connectivity index (χ4n) is 4.97. The van der Waals surface area contributed by atoms with Gasteiger partial charge in [0.15, 0.2) is 6.04 Å². The van der Waals surface area contributed by atoms with Gasteiger partial charge in [-0.2, -0.15) is 0 Å². The van der Waals surface area contributed by atoms with E-state index in [1.54, 1.807) is 48.5 Å². The topological polar surface area (TPSA) is 93.7 Å². The summed E-state index contributed by atoms with van der Waals surface area (Å²) < 4.78 is 10.6. The van der Waals surface area contributed by atoms with Crippen LogP contribution in [-0.2, 0) is 19.1 Å². The maximum Gasteiger partial charge on any atom is 0.408 e. The lowest BCUT2D eigenvalue weighted by atomic mass is 9.98. The van der Waals surface area contributed by atoms with Gasteiger partial charge in [0, 0.05) is 5.92 Å². The van der Waals surface area contributed by atoms with Gasteiger partial charge in [0.05, 0.1) is 7.11 Å². The molecule has 1 unspecified atom stereocenters. The molecule has 4 aromatic carbocycles. The minimum absolute atomic E-state index is 0.109. The quantitative estimate of drug-likeness (QED) is 0.308. The molecule has 2 N–H and O–H groups in total. The van der Waals surface area contributed by atoms with Gasteiger partial charge >= 0.3 is 12.1 Å². The highest BCUT2D eigenvalue weighted by molar-refractivity contribution is 5.91. The zero-order valence-corrected chi connectivity index (χ0v) is 21.4. The van der Waals surface area contributed by atoms with E-state index >= 15 is 0 Å². The molecule has 0 aromatic heterocycles. The summed E-state index contributed by atoms with van der Waals surface area (Å²) in [6.07, 6.45) is -0.741. The molecule has 4 aromatic rings. The van der Waals surface area contributed by atoms with Crippen LogP contribution in [-0.4, -0.2) is 31.7 Å². The number of hydrogen-bond acceptors (Lipinski definition) is 5. The Labute approximate surface area is 226 Å². The maximum atomic E-state index is 13.5. The summed E-state index contributed by atoms with van der Waals surface area (Å²) in [6.45, 7) is 0.109. The fraction of sp³-hybridized carbons (Fsp3) is 0.156. The number of nitrogens with one attached hydrogen (secondary N) is 2. The van der Waals surface area contributed by atoms with Crippen molar-refractivity contribution in [1.82, 2.24) is 10.6 Å². The van der Waals surface area contributed by atoms with Crippen molar-refractivity contribution >= 4 is 18.0 Å². The highest BCUT2D eigenvalue weighted by Crippen LogP contribution is 2.44. The first-order valence-corrected chi connectivity index (χ1v) is 12.7. The number of benzene rings is 4. The summed E-state index contributed by atoms with van der Waals surface area (Å²) in [5, 5.41) is 5.42. The molecular formula is C32H28N2O5. The average molecular weight is 521 g/mol. The number of amides is 2. The van der Waals surface area contributed by atoms with E-state index < -0.39 is 30.1 Å². The van der Waals surface area contributed by atoms with E-state index in [4.69, 9.17) is 9.47 Å². The van der Waals surface area contributed by atoms with E-state index in [1.807, 2.05) is 48.5 Å². The maximum absolute atomic E-state index is 13.5. The van der Waals surface area contributed by atoms with Gasteiger partial charge in [-0.15, -0.1) is 0 Å². The van der Waals surface area contributed by atoms with E-state index in [0.717, 1.165) is 22.3 Å². The molecule has 0 aliphatic heterocycles. The second-order valence-electron chi connectivity index (χ2n) is 9.19. The minimum Gasteiger partial charge on any atom is -0.467 e. The summed E-state index contributed by atoms with van der Waals surface area (Å²) in [7, 11) is 1.26. The SMILES string of the molecule is COC(=O)[C@@H](NC(=O)C(NC(=O)OCC1c2ccccc2-c2ccccc21)c1ccccc1)c1ccccc1. The Balaban J connectivity index is 1.33. The van der Waals surface area contributed by atoms with Gasteiger partial charge in [0.1, 0.15) is 12.6 Å². The van der Waals surface area contributed by atoms with Crippen LogP contribution in [0.1, 0.15) is 40.3 Å². The minimum atomic E-state index is -1.10. The van der Waals surface area contributed by atoms with E-state index in [0.29, 0.717) is 11.1 Å². The molecule has 0 radical (unpaired) electrons. The van der Waals surface area contributed by atoms with E-state index in [1.165, 1.54) is 7.11 Å². The lowest BCUT2D eigenvalue weighted by molar-refractivity contribution is -0.145. The molecule has 39 heavy (non-hydrogen) atoms. The monoisotopic (exact) mass is 520 g/mol. The van der Waals surface area contributed by atoms with Crippen LogP contribution >= 0.6 is 0 Å². The number of fused-ring (bicyclic) bond motifs is 3. The van der Waals surface area contributed by atoms with Gasteiger partial charge < -0.3 is 20.1 Å². The second-order valence-corrected chi connectivity index (χ2v) is 9.19. The van der Waals surface area contributed by atoms with Crippen LogP contribution in [0.3, 0.4) is 0 Å². The summed E-state index contributed by atoms with van der Waals surface area (Å²) >= 11 is 0. The molecule has 1 aliphatic rings. The Bertz CT molecular complexity index is 1430. The summed E-state index contributed by atoms with van der Waals surface area (Å²) in [4.78, 5) is 39.1. The van der Waals surface area contributed by atoms with Crippen LogP contribution in [0.15, 0.2) is 109 Å². The van der Waals surface area contributed by atoms with Crippen molar-refractivity contribution in [2.24, 2.45) is 0 Å². The third-order valence-corrected chi connectivity index (χ3v) is 6.86. The second kappa shape index (κ2) is 11.6. The first kappa shape index (κ1) is 25.7. The molecule has 0 bridgehead atoms. The van der Waals surface area contributed by atoms with Crippen molar-refractivity contribution in [3.05, 3.63) is 131 Å². The Hall–Kier alpha value is -4.91. The molecular weight excluding hydrogens is 492 g/mol. The molecule has 196 valence electrons. The third-order valence-electron chi connectivity index (χ3n) is 6.86. The average Bonchev–Trinajstić information content (AvgIpc) is 3.31. The van der Waals surface area contributed by atoms with Crippen molar-refractivity contribution in [3.63, 3.8) is 0 Å². The largest absolute Gasteiger partial charge is 0.467 e. The number of carbonyl (C=O) groups is 3. The van der Waals surface area contributed by atoms with Crippen molar-refractivity contribution in [3.8, 4) is 11.1 Å². The lowest BCUT2D eigenvalue weighted by Gasteiger charge is -2.23. The summed E-state index contributed by atoms with van der Waals surface area (Å²) in [5.41, 5.74) is 5.53. The lowest BCUT2D eigenvalue weighted by Crippen LogP contribution is -2.44. The van der Waals surface area contributed by atoms with E-state index in [2.05, 4.69) is 22.8 Å². The normalized spacial score (nSPS) is 13.4. The van der Waals surface area contributed by atoms with Crippen LogP contribution in [0.5, 0.6) is 0 Å². The molecule has 5 rings (SSSR count). The first-order valence-electron chi connectivity index (χ1n) is 12.7. The highest BCUT2D eigenvalue weighted by Gasteiger charge is 2.32. The molecule has 2 atom stereocenters. The van der Waals surface area contributed by atoms with Crippen LogP contribution in [0.25, 0.3) is 11.1 Å². The van der Waals surface area contributed by atoms with Gasteiger partial charge in [-0.25, -0.2) is 9.59 Å². The number of ether oxygens (including phenoxy) is 2. The van der Waals surface area contributed by atoms with Crippen molar-refractivity contribution < 1.29 is 23.9 Å². The Kier molecular flexibility index (Phi) is 7.68. The number of hydrogen-bond donors (Lipinski definition) is 2. The Morgan fingerprint density at radius 2 is 1.15 bits per heavy atom. The van der Waals surface area contributed by atoms with E-state index in [9.17, 15) is 14.4 Å².